The normalized spacial score (nSPS) is 18.6. The van der Waals surface area contributed by atoms with E-state index >= 15 is 0 Å². The highest BCUT2D eigenvalue weighted by Gasteiger charge is 2.16. The lowest BCUT2D eigenvalue weighted by Gasteiger charge is -2.12. The number of rotatable bonds is 5. The molecule has 1 fully saturated rings. The number of hydrogen-bond acceptors (Lipinski definition) is 6. The van der Waals surface area contributed by atoms with Crippen LogP contribution >= 0.6 is 0 Å². The van der Waals surface area contributed by atoms with E-state index < -0.39 is 4.92 Å². The van der Waals surface area contributed by atoms with Crippen LogP contribution in [-0.2, 0) is 4.74 Å². The number of nitrogens with zero attached hydrogens (tertiary/aromatic N) is 1. The Bertz CT molecular complexity index is 432. The van der Waals surface area contributed by atoms with Crippen molar-refractivity contribution in [3.8, 4) is 0 Å². The van der Waals surface area contributed by atoms with E-state index in [0.29, 0.717) is 17.9 Å². The summed E-state index contributed by atoms with van der Waals surface area (Å²) < 4.78 is 5.47. The van der Waals surface area contributed by atoms with Crippen LogP contribution in [0.5, 0.6) is 0 Å². The molecule has 0 radical (unpaired) electrons. The largest absolute Gasteiger partial charge is 0.382 e. The zero-order valence-electron chi connectivity index (χ0n) is 9.89. The fourth-order valence-electron chi connectivity index (χ4n) is 1.94. The summed E-state index contributed by atoms with van der Waals surface area (Å²) in [6, 6.07) is 4.59. The average molecular weight is 252 g/mol. The van der Waals surface area contributed by atoms with Gasteiger partial charge < -0.3 is 15.5 Å². The van der Waals surface area contributed by atoms with Crippen LogP contribution in [0.1, 0.15) is 12.8 Å². The number of non-ortho nitro benzene ring substituents is 1. The van der Waals surface area contributed by atoms with Crippen molar-refractivity contribution in [1.82, 2.24) is 0 Å². The number of hydrazine groups is 1. The van der Waals surface area contributed by atoms with Gasteiger partial charge >= 0.3 is 0 Å². The van der Waals surface area contributed by atoms with Gasteiger partial charge in [-0.2, -0.15) is 0 Å². The number of hydrogen-bond donors (Lipinski definition) is 3. The minimum atomic E-state index is -0.446. The van der Waals surface area contributed by atoms with E-state index in [4.69, 9.17) is 10.6 Å². The summed E-state index contributed by atoms with van der Waals surface area (Å²) in [6.07, 6.45) is 2.26. The SMILES string of the molecule is NNc1cc(NCC2CCCO2)cc([N+](=O)[O-])c1. The predicted molar refractivity (Wildman–Crippen MR) is 68.4 cm³/mol. The molecule has 1 atom stereocenters. The van der Waals surface area contributed by atoms with Crippen molar-refractivity contribution in [2.75, 3.05) is 23.9 Å². The molecule has 1 aromatic carbocycles. The van der Waals surface area contributed by atoms with Crippen LogP contribution in [0.4, 0.5) is 17.1 Å². The zero-order valence-corrected chi connectivity index (χ0v) is 9.89. The van der Waals surface area contributed by atoms with Crippen molar-refractivity contribution in [3.05, 3.63) is 28.3 Å². The third-order valence-electron chi connectivity index (χ3n) is 2.85. The molecule has 2 rings (SSSR count). The summed E-state index contributed by atoms with van der Waals surface area (Å²) in [6.45, 7) is 1.43. The van der Waals surface area contributed by atoms with Gasteiger partial charge in [-0.1, -0.05) is 0 Å². The van der Waals surface area contributed by atoms with Gasteiger partial charge in [-0.3, -0.25) is 16.0 Å². The molecule has 0 spiro atoms. The molecule has 0 aromatic heterocycles. The average Bonchev–Trinajstić information content (AvgIpc) is 2.89. The molecule has 0 saturated carbocycles. The first-order valence-corrected chi connectivity index (χ1v) is 5.80. The topological polar surface area (TPSA) is 102 Å². The monoisotopic (exact) mass is 252 g/mol. The minimum absolute atomic E-state index is 0.000269. The molecule has 18 heavy (non-hydrogen) atoms. The van der Waals surface area contributed by atoms with Gasteiger partial charge in [0.05, 0.1) is 16.7 Å². The number of benzene rings is 1. The lowest BCUT2D eigenvalue weighted by atomic mass is 10.2. The van der Waals surface area contributed by atoms with Gasteiger partial charge in [-0.15, -0.1) is 0 Å². The number of nitro groups is 1. The highest BCUT2D eigenvalue weighted by atomic mass is 16.6. The van der Waals surface area contributed by atoms with Gasteiger partial charge in [0, 0.05) is 31.0 Å². The molecular formula is C11H16N4O3. The van der Waals surface area contributed by atoms with Crippen LogP contribution in [-0.4, -0.2) is 24.2 Å². The molecule has 7 nitrogen and oxygen atoms in total. The van der Waals surface area contributed by atoms with Crippen molar-refractivity contribution >= 4 is 17.1 Å². The quantitative estimate of drug-likeness (QED) is 0.416. The van der Waals surface area contributed by atoms with E-state index in [0.717, 1.165) is 19.4 Å². The van der Waals surface area contributed by atoms with Crippen molar-refractivity contribution in [3.63, 3.8) is 0 Å². The maximum atomic E-state index is 10.8. The van der Waals surface area contributed by atoms with E-state index in [1.54, 1.807) is 6.07 Å². The molecule has 1 saturated heterocycles. The van der Waals surface area contributed by atoms with Gasteiger partial charge in [-0.25, -0.2) is 0 Å². The lowest BCUT2D eigenvalue weighted by Crippen LogP contribution is -2.18. The van der Waals surface area contributed by atoms with E-state index in [2.05, 4.69) is 10.7 Å². The Labute approximate surface area is 104 Å². The number of nitrogens with two attached hydrogens (primary N) is 1. The van der Waals surface area contributed by atoms with Gasteiger partial charge in [0.1, 0.15) is 0 Å². The summed E-state index contributed by atoms with van der Waals surface area (Å²) in [5.41, 5.74) is 3.57. The standard InChI is InChI=1S/C11H16N4O3/c12-14-9-4-8(5-10(6-9)15(16)17)13-7-11-2-1-3-18-11/h4-6,11,13-14H,1-3,7,12H2. The molecule has 0 amide bonds. The molecule has 0 aliphatic carbocycles. The van der Waals surface area contributed by atoms with Crippen LogP contribution in [0, 0.1) is 10.1 Å². The second kappa shape index (κ2) is 5.65. The van der Waals surface area contributed by atoms with Crippen LogP contribution in [0.2, 0.25) is 0 Å². The van der Waals surface area contributed by atoms with Crippen LogP contribution < -0.4 is 16.6 Å². The van der Waals surface area contributed by atoms with E-state index in [-0.39, 0.29) is 11.8 Å². The maximum Gasteiger partial charge on any atom is 0.273 e. The summed E-state index contributed by atoms with van der Waals surface area (Å²) in [5, 5.41) is 13.9. The maximum absolute atomic E-state index is 10.8. The molecular weight excluding hydrogens is 236 g/mol. The third kappa shape index (κ3) is 3.08. The molecule has 1 aromatic rings. The van der Waals surface area contributed by atoms with Crippen LogP contribution in [0.3, 0.4) is 0 Å². The van der Waals surface area contributed by atoms with E-state index in [9.17, 15) is 10.1 Å². The molecule has 1 aliphatic heterocycles. The van der Waals surface area contributed by atoms with Crippen molar-refractivity contribution in [2.24, 2.45) is 5.84 Å². The summed E-state index contributed by atoms with van der Waals surface area (Å²) in [7, 11) is 0. The fourth-order valence-corrected chi connectivity index (χ4v) is 1.94. The summed E-state index contributed by atoms with van der Waals surface area (Å²) in [5.74, 6) is 5.28. The number of ether oxygens (including phenoxy) is 1. The fraction of sp³-hybridized carbons (Fsp3) is 0.455. The zero-order chi connectivity index (χ0) is 13.0. The summed E-state index contributed by atoms with van der Waals surface area (Å²) >= 11 is 0. The highest BCUT2D eigenvalue weighted by molar-refractivity contribution is 5.63. The van der Waals surface area contributed by atoms with E-state index in [1.807, 2.05) is 0 Å². The molecule has 0 bridgehead atoms. The van der Waals surface area contributed by atoms with Crippen molar-refractivity contribution < 1.29 is 9.66 Å². The Morgan fingerprint density at radius 3 is 2.83 bits per heavy atom. The Hall–Kier alpha value is -1.86. The molecule has 98 valence electrons. The van der Waals surface area contributed by atoms with Gasteiger partial charge in [-0.05, 0) is 18.9 Å². The molecule has 1 unspecified atom stereocenters. The second-order valence-corrected chi connectivity index (χ2v) is 4.19. The first kappa shape index (κ1) is 12.6. The number of nitrogens with one attached hydrogen (secondary N) is 2. The van der Waals surface area contributed by atoms with E-state index in [1.165, 1.54) is 12.1 Å². The molecule has 4 N–H and O–H groups in total. The Balaban J connectivity index is 2.05. The first-order valence-electron chi connectivity index (χ1n) is 5.80. The van der Waals surface area contributed by atoms with Gasteiger partial charge in [0.15, 0.2) is 0 Å². The Morgan fingerprint density at radius 1 is 1.44 bits per heavy atom. The molecule has 1 aliphatic rings. The molecule has 7 heteroatoms. The van der Waals surface area contributed by atoms with Gasteiger partial charge in [0.25, 0.3) is 5.69 Å². The predicted octanol–water partition coefficient (Wildman–Crippen LogP) is 1.47. The number of nitro benzene ring substituents is 1. The summed E-state index contributed by atoms with van der Waals surface area (Å²) in [4.78, 5) is 10.3. The second-order valence-electron chi connectivity index (χ2n) is 4.19. The van der Waals surface area contributed by atoms with Crippen LogP contribution in [0.25, 0.3) is 0 Å². The number of nitrogen functional groups attached to an aromatic ring is 1. The van der Waals surface area contributed by atoms with Crippen molar-refractivity contribution in [1.29, 1.82) is 0 Å². The first-order chi connectivity index (χ1) is 8.69. The molecule has 1 heterocycles. The van der Waals surface area contributed by atoms with Gasteiger partial charge in [0.2, 0.25) is 0 Å². The Kier molecular flexibility index (Phi) is 3.96. The third-order valence-corrected chi connectivity index (χ3v) is 2.85. The highest BCUT2D eigenvalue weighted by Crippen LogP contribution is 2.24. The van der Waals surface area contributed by atoms with Crippen molar-refractivity contribution in [2.45, 2.75) is 18.9 Å². The number of anilines is 2. The Morgan fingerprint density at radius 2 is 2.22 bits per heavy atom. The minimum Gasteiger partial charge on any atom is -0.382 e. The van der Waals surface area contributed by atoms with Crippen LogP contribution in [0.15, 0.2) is 18.2 Å². The lowest BCUT2D eigenvalue weighted by molar-refractivity contribution is -0.384. The smallest absolute Gasteiger partial charge is 0.273 e.